The molecule has 0 saturated carbocycles. The molecule has 2 rings (SSSR count). The fraction of sp³-hybridized carbons (Fsp3) is 0.455. The average Bonchev–Trinajstić information content (AvgIpc) is 2.69. The Labute approximate surface area is 101 Å². The van der Waals surface area contributed by atoms with Gasteiger partial charge in [-0.05, 0) is 42.6 Å². The van der Waals surface area contributed by atoms with Gasteiger partial charge in [-0.2, -0.15) is 0 Å². The molecule has 1 fully saturated rings. The zero-order valence-corrected chi connectivity index (χ0v) is 10.6. The Bertz CT molecular complexity index is 493. The van der Waals surface area contributed by atoms with Crippen LogP contribution in [-0.2, 0) is 9.84 Å². The number of sulfone groups is 1. The lowest BCUT2D eigenvalue weighted by Gasteiger charge is -2.12. The lowest BCUT2D eigenvalue weighted by atomic mass is 9.98. The molecule has 1 aromatic rings. The summed E-state index contributed by atoms with van der Waals surface area (Å²) in [6.07, 6.45) is 2.22. The van der Waals surface area contributed by atoms with E-state index in [1.807, 2.05) is 0 Å². The Balaban J connectivity index is 2.44. The van der Waals surface area contributed by atoms with Gasteiger partial charge in [-0.25, -0.2) is 8.42 Å². The first-order valence-corrected chi connectivity index (χ1v) is 7.45. The third-order valence-electron chi connectivity index (χ3n) is 2.90. The van der Waals surface area contributed by atoms with Gasteiger partial charge in [-0.1, -0.05) is 11.6 Å². The topological polar surface area (TPSA) is 46.2 Å². The van der Waals surface area contributed by atoms with E-state index in [1.165, 1.54) is 6.26 Å². The van der Waals surface area contributed by atoms with E-state index in [0.717, 1.165) is 25.1 Å². The first-order chi connectivity index (χ1) is 7.48. The molecular formula is C11H14ClNO2S. The van der Waals surface area contributed by atoms with Gasteiger partial charge >= 0.3 is 0 Å². The minimum atomic E-state index is -3.15. The molecular weight excluding hydrogens is 246 g/mol. The van der Waals surface area contributed by atoms with Crippen LogP contribution in [0.3, 0.4) is 0 Å². The molecule has 1 aromatic carbocycles. The normalized spacial score (nSPS) is 21.2. The van der Waals surface area contributed by atoms with Crippen LogP contribution in [0.5, 0.6) is 0 Å². The second-order valence-electron chi connectivity index (χ2n) is 4.15. The van der Waals surface area contributed by atoms with Crippen LogP contribution >= 0.6 is 11.6 Å². The van der Waals surface area contributed by atoms with Crippen LogP contribution in [0.15, 0.2) is 23.1 Å². The lowest BCUT2D eigenvalue weighted by molar-refractivity contribution is 0.601. The van der Waals surface area contributed by atoms with Gasteiger partial charge in [-0.15, -0.1) is 0 Å². The summed E-state index contributed by atoms with van der Waals surface area (Å²) in [5.41, 5.74) is 0.939. The molecule has 0 aliphatic carbocycles. The number of halogens is 1. The van der Waals surface area contributed by atoms with Gasteiger partial charge in [0.25, 0.3) is 0 Å². The molecule has 3 nitrogen and oxygen atoms in total. The zero-order valence-electron chi connectivity index (χ0n) is 9.03. The van der Waals surface area contributed by atoms with Crippen LogP contribution < -0.4 is 5.32 Å². The van der Waals surface area contributed by atoms with E-state index in [-0.39, 0.29) is 0 Å². The van der Waals surface area contributed by atoms with Crippen LogP contribution in [0.1, 0.15) is 17.9 Å². The highest BCUT2D eigenvalue weighted by Crippen LogP contribution is 2.30. The van der Waals surface area contributed by atoms with Crippen LogP contribution in [0, 0.1) is 0 Å². The summed E-state index contributed by atoms with van der Waals surface area (Å²) in [4.78, 5) is 0.346. The SMILES string of the molecule is CS(=O)(=O)c1ccc(Cl)c(C2CCNC2)c1. The van der Waals surface area contributed by atoms with Crippen LogP contribution in [0.25, 0.3) is 0 Å². The maximum Gasteiger partial charge on any atom is 0.175 e. The van der Waals surface area contributed by atoms with E-state index >= 15 is 0 Å². The van der Waals surface area contributed by atoms with Crippen molar-refractivity contribution in [3.05, 3.63) is 28.8 Å². The lowest BCUT2D eigenvalue weighted by Crippen LogP contribution is -2.09. The average molecular weight is 260 g/mol. The molecule has 1 atom stereocenters. The molecule has 0 spiro atoms. The summed E-state index contributed by atoms with van der Waals surface area (Å²) in [5, 5.41) is 3.90. The third-order valence-corrected chi connectivity index (χ3v) is 4.35. The van der Waals surface area contributed by atoms with Crippen molar-refractivity contribution in [2.24, 2.45) is 0 Å². The Morgan fingerprint density at radius 1 is 1.44 bits per heavy atom. The predicted octanol–water partition coefficient (Wildman–Crippen LogP) is 1.82. The summed E-state index contributed by atoms with van der Waals surface area (Å²) in [6.45, 7) is 1.83. The minimum Gasteiger partial charge on any atom is -0.316 e. The molecule has 1 saturated heterocycles. The molecule has 1 unspecified atom stereocenters. The van der Waals surface area contributed by atoms with Crippen molar-refractivity contribution in [2.75, 3.05) is 19.3 Å². The molecule has 1 aliphatic heterocycles. The van der Waals surface area contributed by atoms with Crippen molar-refractivity contribution in [3.8, 4) is 0 Å². The maximum absolute atomic E-state index is 11.5. The van der Waals surface area contributed by atoms with Crippen molar-refractivity contribution in [1.29, 1.82) is 0 Å². The number of hydrogen-bond acceptors (Lipinski definition) is 3. The summed E-state index contributed by atoms with van der Waals surface area (Å²) >= 11 is 6.10. The highest BCUT2D eigenvalue weighted by molar-refractivity contribution is 7.90. The fourth-order valence-corrected chi connectivity index (χ4v) is 2.91. The highest BCUT2D eigenvalue weighted by Gasteiger charge is 2.20. The van der Waals surface area contributed by atoms with E-state index in [0.29, 0.717) is 15.8 Å². The monoisotopic (exact) mass is 259 g/mol. The van der Waals surface area contributed by atoms with Gasteiger partial charge in [-0.3, -0.25) is 0 Å². The minimum absolute atomic E-state index is 0.328. The Morgan fingerprint density at radius 3 is 2.75 bits per heavy atom. The van der Waals surface area contributed by atoms with E-state index in [9.17, 15) is 8.42 Å². The predicted molar refractivity (Wildman–Crippen MR) is 64.8 cm³/mol. The van der Waals surface area contributed by atoms with Crippen LogP contribution in [0.2, 0.25) is 5.02 Å². The van der Waals surface area contributed by atoms with Gasteiger partial charge in [0.15, 0.2) is 9.84 Å². The molecule has 5 heteroatoms. The maximum atomic E-state index is 11.5. The molecule has 16 heavy (non-hydrogen) atoms. The number of rotatable bonds is 2. The van der Waals surface area contributed by atoms with Gasteiger partial charge in [0.05, 0.1) is 4.90 Å². The summed E-state index contributed by atoms with van der Waals surface area (Å²) in [5.74, 6) is 0.328. The molecule has 0 amide bonds. The van der Waals surface area contributed by atoms with Crippen LogP contribution in [0.4, 0.5) is 0 Å². The largest absolute Gasteiger partial charge is 0.316 e. The fourth-order valence-electron chi connectivity index (χ4n) is 1.99. The molecule has 88 valence electrons. The second kappa shape index (κ2) is 4.35. The van der Waals surface area contributed by atoms with E-state index in [1.54, 1.807) is 18.2 Å². The third kappa shape index (κ3) is 2.39. The Morgan fingerprint density at radius 2 is 2.19 bits per heavy atom. The van der Waals surface area contributed by atoms with Crippen LogP contribution in [-0.4, -0.2) is 27.8 Å². The van der Waals surface area contributed by atoms with Gasteiger partial charge in [0, 0.05) is 17.8 Å². The van der Waals surface area contributed by atoms with Gasteiger partial charge in [0.1, 0.15) is 0 Å². The second-order valence-corrected chi connectivity index (χ2v) is 6.57. The van der Waals surface area contributed by atoms with Gasteiger partial charge in [0.2, 0.25) is 0 Å². The van der Waals surface area contributed by atoms with E-state index in [4.69, 9.17) is 11.6 Å². The van der Waals surface area contributed by atoms with E-state index < -0.39 is 9.84 Å². The number of nitrogens with one attached hydrogen (secondary N) is 1. The highest BCUT2D eigenvalue weighted by atomic mass is 35.5. The van der Waals surface area contributed by atoms with Crippen molar-refractivity contribution in [1.82, 2.24) is 5.32 Å². The standard InChI is InChI=1S/C11H14ClNO2S/c1-16(14,15)9-2-3-11(12)10(6-9)8-4-5-13-7-8/h2-3,6,8,13H,4-5,7H2,1H3. The smallest absolute Gasteiger partial charge is 0.175 e. The molecule has 1 N–H and O–H groups in total. The first kappa shape index (κ1) is 11.9. The number of benzene rings is 1. The van der Waals surface area contributed by atoms with Crippen molar-refractivity contribution in [2.45, 2.75) is 17.2 Å². The summed E-state index contributed by atoms with van der Waals surface area (Å²) in [7, 11) is -3.15. The molecule has 0 radical (unpaired) electrons. The quantitative estimate of drug-likeness (QED) is 0.881. The van der Waals surface area contributed by atoms with E-state index in [2.05, 4.69) is 5.32 Å². The zero-order chi connectivity index (χ0) is 11.8. The molecule has 1 aliphatic rings. The first-order valence-electron chi connectivity index (χ1n) is 5.19. The number of hydrogen-bond donors (Lipinski definition) is 1. The molecule has 1 heterocycles. The Hall–Kier alpha value is -0.580. The summed E-state index contributed by atoms with van der Waals surface area (Å²) in [6, 6.07) is 4.93. The van der Waals surface area contributed by atoms with Crippen molar-refractivity contribution in [3.63, 3.8) is 0 Å². The molecule has 0 bridgehead atoms. The van der Waals surface area contributed by atoms with Gasteiger partial charge < -0.3 is 5.32 Å². The van der Waals surface area contributed by atoms with Crippen molar-refractivity contribution < 1.29 is 8.42 Å². The molecule has 0 aromatic heterocycles. The van der Waals surface area contributed by atoms with Crippen molar-refractivity contribution >= 4 is 21.4 Å². The Kier molecular flexibility index (Phi) is 3.24. The summed E-state index contributed by atoms with van der Waals surface area (Å²) < 4.78 is 22.9.